The van der Waals surface area contributed by atoms with Gasteiger partial charge in [0.05, 0.1) is 33.5 Å². The van der Waals surface area contributed by atoms with Crippen LogP contribution in [0.25, 0.3) is 6.08 Å². The molecule has 1 atom stereocenters. The van der Waals surface area contributed by atoms with Gasteiger partial charge in [0.1, 0.15) is 0 Å². The Balaban J connectivity index is 1.72. The van der Waals surface area contributed by atoms with Gasteiger partial charge in [-0.1, -0.05) is 103 Å². The zero-order valence-corrected chi connectivity index (χ0v) is 23.2. The minimum Gasteiger partial charge on any atom is -0.493 e. The fourth-order valence-electron chi connectivity index (χ4n) is 4.51. The first-order valence-corrected chi connectivity index (χ1v) is 13.2. The van der Waals surface area contributed by atoms with Gasteiger partial charge >= 0.3 is 0 Å². The first kappa shape index (κ1) is 29.3. The molecule has 4 rings (SSSR count). The summed E-state index contributed by atoms with van der Waals surface area (Å²) in [5, 5.41) is 3.32. The van der Waals surface area contributed by atoms with E-state index in [4.69, 9.17) is 19.9 Å². The number of nitrogens with two attached hydrogens (primary N) is 1. The van der Waals surface area contributed by atoms with Crippen molar-refractivity contribution in [2.24, 2.45) is 5.73 Å². The number of rotatable bonds is 14. The quantitative estimate of drug-likeness (QED) is 0.167. The number of carbonyl (C=O) groups is 2. The van der Waals surface area contributed by atoms with Crippen molar-refractivity contribution in [3.63, 3.8) is 0 Å². The van der Waals surface area contributed by atoms with Gasteiger partial charge in [0, 0.05) is 0 Å². The van der Waals surface area contributed by atoms with Gasteiger partial charge in [0.25, 0.3) is 0 Å². The number of primary amides is 1. The Morgan fingerprint density at radius 3 is 1.90 bits per heavy atom. The molecule has 0 bridgehead atoms. The summed E-state index contributed by atoms with van der Waals surface area (Å²) in [6.45, 7) is -0.0753. The molecule has 0 saturated carbocycles. The molecule has 7 heteroatoms. The number of benzene rings is 4. The van der Waals surface area contributed by atoms with E-state index in [9.17, 15) is 9.59 Å². The molecule has 210 valence electrons. The molecular formula is C34H34N2O5. The van der Waals surface area contributed by atoms with E-state index in [2.05, 4.69) is 5.32 Å². The van der Waals surface area contributed by atoms with Gasteiger partial charge in [-0.15, -0.1) is 0 Å². The molecule has 41 heavy (non-hydrogen) atoms. The van der Waals surface area contributed by atoms with Crippen LogP contribution in [-0.2, 0) is 20.9 Å². The molecule has 0 aliphatic heterocycles. The van der Waals surface area contributed by atoms with E-state index in [0.717, 1.165) is 16.7 Å². The highest BCUT2D eigenvalue weighted by molar-refractivity contribution is 6.16. The predicted octanol–water partition coefficient (Wildman–Crippen LogP) is 5.11. The van der Waals surface area contributed by atoms with Gasteiger partial charge in [-0.25, -0.2) is 0 Å². The van der Waals surface area contributed by atoms with Crippen LogP contribution in [0.2, 0.25) is 0 Å². The fraction of sp³-hybridized carbons (Fsp3) is 0.176. The molecule has 0 fully saturated rings. The third-order valence-electron chi connectivity index (χ3n) is 6.76. The van der Waals surface area contributed by atoms with Crippen LogP contribution in [0.4, 0.5) is 0 Å². The van der Waals surface area contributed by atoms with Crippen LogP contribution in [0.3, 0.4) is 0 Å². The van der Waals surface area contributed by atoms with Crippen molar-refractivity contribution in [3.05, 3.63) is 138 Å². The van der Waals surface area contributed by atoms with Crippen molar-refractivity contribution < 1.29 is 23.8 Å². The summed E-state index contributed by atoms with van der Waals surface area (Å²) in [5.41, 5.74) is 7.48. The molecule has 1 amide bonds. The lowest BCUT2D eigenvalue weighted by molar-refractivity contribution is -0.137. The fourth-order valence-corrected chi connectivity index (χ4v) is 4.51. The number of carbonyl (C=O) groups excluding carboxylic acids is 2. The maximum absolute atomic E-state index is 14.0. The maximum atomic E-state index is 14.0. The number of ketones is 1. The van der Waals surface area contributed by atoms with E-state index < -0.39 is 23.3 Å². The summed E-state index contributed by atoms with van der Waals surface area (Å²) < 4.78 is 16.7. The monoisotopic (exact) mass is 550 g/mol. The Morgan fingerprint density at radius 2 is 1.37 bits per heavy atom. The highest BCUT2D eigenvalue weighted by Gasteiger charge is 2.45. The van der Waals surface area contributed by atoms with Crippen molar-refractivity contribution >= 4 is 17.8 Å². The third kappa shape index (κ3) is 7.28. The highest BCUT2D eigenvalue weighted by Crippen LogP contribution is 2.29. The molecule has 0 aromatic heterocycles. The zero-order chi connectivity index (χ0) is 29.1. The number of hydrogen-bond donors (Lipinski definition) is 2. The van der Waals surface area contributed by atoms with Crippen LogP contribution in [0.1, 0.15) is 28.3 Å². The number of amides is 1. The summed E-state index contributed by atoms with van der Waals surface area (Å²) in [6, 6.07) is 33.5. The minimum atomic E-state index is -1.88. The van der Waals surface area contributed by atoms with Gasteiger partial charge < -0.3 is 19.9 Å². The topological polar surface area (TPSA) is 99.9 Å². The van der Waals surface area contributed by atoms with Crippen molar-refractivity contribution in [1.82, 2.24) is 5.32 Å². The second-order valence-corrected chi connectivity index (χ2v) is 9.46. The Hall–Kier alpha value is -4.72. The molecule has 4 aromatic rings. The number of hydrogen-bond acceptors (Lipinski definition) is 6. The molecule has 0 saturated heterocycles. The molecule has 0 unspecified atom stereocenters. The van der Waals surface area contributed by atoms with Crippen LogP contribution in [0.15, 0.2) is 115 Å². The van der Waals surface area contributed by atoms with E-state index in [1.54, 1.807) is 31.4 Å². The highest BCUT2D eigenvalue weighted by atomic mass is 16.5. The first-order valence-electron chi connectivity index (χ1n) is 13.2. The molecule has 0 aliphatic carbocycles. The molecular weight excluding hydrogens is 516 g/mol. The largest absolute Gasteiger partial charge is 0.493 e. The van der Waals surface area contributed by atoms with E-state index in [1.807, 2.05) is 91.0 Å². The smallest absolute Gasteiger partial charge is 0.248 e. The Bertz CT molecular complexity index is 1420. The predicted molar refractivity (Wildman–Crippen MR) is 159 cm³/mol. The minimum absolute atomic E-state index is 0.200. The normalized spacial score (nSPS) is 12.7. The van der Waals surface area contributed by atoms with Crippen molar-refractivity contribution in [1.29, 1.82) is 0 Å². The van der Waals surface area contributed by atoms with Crippen molar-refractivity contribution in [2.45, 2.75) is 18.2 Å². The lowest BCUT2D eigenvalue weighted by Gasteiger charge is -2.34. The lowest BCUT2D eigenvalue weighted by Crippen LogP contribution is -2.64. The number of ether oxygens (including phenoxy) is 3. The molecule has 7 nitrogen and oxygen atoms in total. The third-order valence-corrected chi connectivity index (χ3v) is 6.76. The summed E-state index contributed by atoms with van der Waals surface area (Å²) in [7, 11) is 3.09. The van der Waals surface area contributed by atoms with Crippen molar-refractivity contribution in [3.8, 4) is 11.5 Å². The van der Waals surface area contributed by atoms with E-state index >= 15 is 0 Å². The second-order valence-electron chi connectivity index (χ2n) is 9.46. The first-order chi connectivity index (χ1) is 20.0. The summed E-state index contributed by atoms with van der Waals surface area (Å²) >= 11 is 0. The van der Waals surface area contributed by atoms with Gasteiger partial charge in [0.2, 0.25) is 5.91 Å². The Kier molecular flexibility index (Phi) is 10.0. The number of methoxy groups -OCH3 is 2. The van der Waals surface area contributed by atoms with Gasteiger partial charge in [-0.2, -0.15) is 0 Å². The summed E-state index contributed by atoms with van der Waals surface area (Å²) in [5.74, 6) is -0.304. The van der Waals surface area contributed by atoms with Crippen LogP contribution in [0.5, 0.6) is 11.5 Å². The van der Waals surface area contributed by atoms with E-state index in [0.29, 0.717) is 17.1 Å². The average molecular weight is 551 g/mol. The SMILES string of the molecule is COc1ccc(/C=C/C(=O)[C@@](COCc2ccccc2)(NC(c2ccccc2)c2ccccc2)C(N)=O)cc1OC. The molecule has 4 aromatic carbocycles. The molecule has 0 spiro atoms. The standard InChI is InChI=1S/C34H34N2O5/c1-39-29-20-18-25(22-30(29)40-2)19-21-31(37)34(33(35)38,24-41-23-26-12-6-3-7-13-26)36-32(27-14-8-4-9-15-27)28-16-10-5-11-17-28/h3-22,32,36H,23-24H2,1-2H3,(H2,35,38)/b21-19+/t34-/m1/s1. The molecule has 0 heterocycles. The summed E-state index contributed by atoms with van der Waals surface area (Å²) in [4.78, 5) is 27.3. The summed E-state index contributed by atoms with van der Waals surface area (Å²) in [6.07, 6.45) is 2.96. The number of nitrogens with one attached hydrogen (secondary N) is 1. The molecule has 0 aliphatic rings. The average Bonchev–Trinajstić information content (AvgIpc) is 3.02. The van der Waals surface area contributed by atoms with E-state index in [1.165, 1.54) is 13.2 Å². The Morgan fingerprint density at radius 1 is 0.805 bits per heavy atom. The van der Waals surface area contributed by atoms with Crippen LogP contribution in [0, 0.1) is 0 Å². The van der Waals surface area contributed by atoms with E-state index in [-0.39, 0.29) is 13.2 Å². The van der Waals surface area contributed by atoms with Crippen LogP contribution >= 0.6 is 0 Å². The molecule has 3 N–H and O–H groups in total. The van der Waals surface area contributed by atoms with Gasteiger partial charge in [-0.3, -0.25) is 14.9 Å². The Labute approximate surface area is 240 Å². The van der Waals surface area contributed by atoms with Crippen LogP contribution < -0.4 is 20.5 Å². The lowest BCUT2D eigenvalue weighted by atomic mass is 9.88. The molecule has 0 radical (unpaired) electrons. The maximum Gasteiger partial charge on any atom is 0.248 e. The van der Waals surface area contributed by atoms with Gasteiger partial charge in [0.15, 0.2) is 22.8 Å². The van der Waals surface area contributed by atoms with Gasteiger partial charge in [-0.05, 0) is 40.5 Å². The van der Waals surface area contributed by atoms with Crippen LogP contribution in [-0.4, -0.2) is 38.1 Å². The second kappa shape index (κ2) is 14.1. The van der Waals surface area contributed by atoms with Crippen molar-refractivity contribution in [2.75, 3.05) is 20.8 Å². The zero-order valence-electron chi connectivity index (χ0n) is 23.2.